The molecule has 4 aromatic rings. The fraction of sp³-hybridized carbons (Fsp3) is 0.300. The van der Waals surface area contributed by atoms with Crippen LogP contribution in [0.2, 0.25) is 5.02 Å². The Bertz CT molecular complexity index is 1320. The molecular weight excluding hydrogens is 514 g/mol. The van der Waals surface area contributed by atoms with Crippen LogP contribution in [0.5, 0.6) is 0 Å². The molecule has 1 aromatic heterocycles. The van der Waals surface area contributed by atoms with E-state index in [9.17, 15) is 4.79 Å². The molecule has 0 saturated carbocycles. The van der Waals surface area contributed by atoms with Crippen LogP contribution in [-0.2, 0) is 11.2 Å². The molecule has 5 rings (SSSR count). The van der Waals surface area contributed by atoms with Gasteiger partial charge in [0.2, 0.25) is 5.91 Å². The number of benzene rings is 3. The van der Waals surface area contributed by atoms with Crippen molar-refractivity contribution in [2.45, 2.75) is 30.8 Å². The van der Waals surface area contributed by atoms with E-state index in [2.05, 4.69) is 43.9 Å². The van der Waals surface area contributed by atoms with Crippen molar-refractivity contribution in [3.8, 4) is 5.69 Å². The third-order valence-electron chi connectivity index (χ3n) is 6.76. The maximum atomic E-state index is 12.8. The van der Waals surface area contributed by atoms with Crippen molar-refractivity contribution in [1.29, 1.82) is 0 Å². The molecule has 38 heavy (non-hydrogen) atoms. The summed E-state index contributed by atoms with van der Waals surface area (Å²) >= 11 is 8.05. The van der Waals surface area contributed by atoms with Crippen molar-refractivity contribution >= 4 is 35.0 Å². The van der Waals surface area contributed by atoms with Crippen LogP contribution in [0.1, 0.15) is 30.7 Å². The van der Waals surface area contributed by atoms with Crippen molar-refractivity contribution in [2.24, 2.45) is 0 Å². The van der Waals surface area contributed by atoms with Crippen LogP contribution >= 0.6 is 23.4 Å². The number of hydrogen-bond donors (Lipinski definition) is 0. The Kier molecular flexibility index (Phi) is 8.99. The smallest absolute Gasteiger partial charge is 0.222 e. The fourth-order valence-electron chi connectivity index (χ4n) is 4.73. The Labute approximate surface area is 233 Å². The average Bonchev–Trinajstić information content (AvgIpc) is 3.36. The Morgan fingerprint density at radius 1 is 0.816 bits per heavy atom. The van der Waals surface area contributed by atoms with Gasteiger partial charge >= 0.3 is 0 Å². The van der Waals surface area contributed by atoms with E-state index in [1.54, 1.807) is 11.8 Å². The largest absolute Gasteiger partial charge is 0.367 e. The lowest BCUT2D eigenvalue weighted by Gasteiger charge is -2.36. The summed E-state index contributed by atoms with van der Waals surface area (Å²) in [5.41, 5.74) is 3.32. The predicted octanol–water partition coefficient (Wildman–Crippen LogP) is 6.12. The highest BCUT2D eigenvalue weighted by Crippen LogP contribution is 2.27. The number of carbonyl (C=O) groups is 1. The van der Waals surface area contributed by atoms with Crippen molar-refractivity contribution in [3.05, 3.63) is 101 Å². The Balaban J connectivity index is 1.11. The first-order valence-corrected chi connectivity index (χ1v) is 14.5. The number of carbonyl (C=O) groups excluding carboxylic acids is 1. The molecule has 0 unspecified atom stereocenters. The maximum absolute atomic E-state index is 12.8. The number of thioether (sulfide) groups is 1. The number of piperazine rings is 1. The summed E-state index contributed by atoms with van der Waals surface area (Å²) in [6.45, 7) is 3.10. The van der Waals surface area contributed by atoms with Gasteiger partial charge in [-0.25, -0.2) is 0 Å². The molecule has 6 nitrogen and oxygen atoms in total. The maximum Gasteiger partial charge on any atom is 0.222 e. The van der Waals surface area contributed by atoms with E-state index in [1.807, 2.05) is 65.6 Å². The zero-order valence-corrected chi connectivity index (χ0v) is 22.9. The van der Waals surface area contributed by atoms with E-state index >= 15 is 0 Å². The molecular formula is C30H32ClN5OS. The standard InChI is InChI=1S/C30H32ClN5OS/c31-26-15-7-8-16-27(26)34-18-20-35(21-19-34)29(37)17-9-10-22-38-30-33-32-28(23-24-11-3-1-4-12-24)36(30)25-13-5-2-6-14-25/h1-8,11-16H,9-10,17-23H2. The van der Waals surface area contributed by atoms with Gasteiger partial charge in [0, 0.05) is 50.5 Å². The van der Waals surface area contributed by atoms with Crippen molar-refractivity contribution < 1.29 is 4.79 Å². The molecule has 1 aliphatic heterocycles. The predicted molar refractivity (Wildman–Crippen MR) is 155 cm³/mol. The Morgan fingerprint density at radius 2 is 1.50 bits per heavy atom. The van der Waals surface area contributed by atoms with Crippen LogP contribution in [0.4, 0.5) is 5.69 Å². The molecule has 0 bridgehead atoms. The van der Waals surface area contributed by atoms with Gasteiger partial charge in [0.05, 0.1) is 10.7 Å². The lowest BCUT2D eigenvalue weighted by Crippen LogP contribution is -2.48. The summed E-state index contributed by atoms with van der Waals surface area (Å²) in [4.78, 5) is 17.1. The van der Waals surface area contributed by atoms with Gasteiger partial charge in [-0.3, -0.25) is 9.36 Å². The van der Waals surface area contributed by atoms with E-state index in [1.165, 1.54) is 5.56 Å². The van der Waals surface area contributed by atoms with Crippen molar-refractivity contribution in [2.75, 3.05) is 36.8 Å². The zero-order valence-electron chi connectivity index (χ0n) is 21.4. The van der Waals surface area contributed by atoms with Crippen LogP contribution in [0.15, 0.2) is 90.1 Å². The minimum Gasteiger partial charge on any atom is -0.367 e. The van der Waals surface area contributed by atoms with Crippen LogP contribution in [0, 0.1) is 0 Å². The molecule has 1 amide bonds. The highest BCUT2D eigenvalue weighted by molar-refractivity contribution is 7.99. The second kappa shape index (κ2) is 13.0. The number of anilines is 1. The summed E-state index contributed by atoms with van der Waals surface area (Å²) in [7, 11) is 0. The van der Waals surface area contributed by atoms with E-state index in [0.29, 0.717) is 6.42 Å². The van der Waals surface area contributed by atoms with Gasteiger partial charge < -0.3 is 9.80 Å². The van der Waals surface area contributed by atoms with Gasteiger partial charge in [0.1, 0.15) is 5.82 Å². The van der Waals surface area contributed by atoms with Crippen LogP contribution < -0.4 is 4.90 Å². The topological polar surface area (TPSA) is 54.3 Å². The summed E-state index contributed by atoms with van der Waals surface area (Å²) < 4.78 is 2.15. The number of halogens is 1. The molecule has 0 N–H and O–H groups in total. The number of rotatable bonds is 10. The van der Waals surface area contributed by atoms with E-state index in [-0.39, 0.29) is 5.91 Å². The van der Waals surface area contributed by atoms with E-state index in [4.69, 9.17) is 11.6 Å². The SMILES string of the molecule is O=C(CCCCSc1nnc(Cc2ccccc2)n1-c1ccccc1)N1CCN(c2ccccc2Cl)CC1. The lowest BCUT2D eigenvalue weighted by atomic mass is 10.1. The number of nitrogens with zero attached hydrogens (tertiary/aromatic N) is 5. The van der Waals surface area contributed by atoms with Gasteiger partial charge in [-0.15, -0.1) is 10.2 Å². The van der Waals surface area contributed by atoms with Gasteiger partial charge in [-0.05, 0) is 42.7 Å². The first-order chi connectivity index (χ1) is 18.7. The quantitative estimate of drug-likeness (QED) is 0.177. The normalized spacial score (nSPS) is 13.6. The molecule has 1 fully saturated rings. The third-order valence-corrected chi connectivity index (χ3v) is 8.10. The molecule has 0 spiro atoms. The summed E-state index contributed by atoms with van der Waals surface area (Å²) in [6.07, 6.45) is 3.12. The molecule has 1 saturated heterocycles. The summed E-state index contributed by atoms with van der Waals surface area (Å²) in [6, 6.07) is 28.5. The highest BCUT2D eigenvalue weighted by atomic mass is 35.5. The number of unbranched alkanes of at least 4 members (excludes halogenated alkanes) is 1. The fourth-order valence-corrected chi connectivity index (χ4v) is 5.95. The van der Waals surface area contributed by atoms with Crippen LogP contribution in [0.25, 0.3) is 5.69 Å². The monoisotopic (exact) mass is 545 g/mol. The number of aromatic nitrogens is 3. The minimum absolute atomic E-state index is 0.242. The second-order valence-electron chi connectivity index (χ2n) is 9.36. The molecule has 0 atom stereocenters. The summed E-state index contributed by atoms with van der Waals surface area (Å²) in [5.74, 6) is 2.06. The lowest BCUT2D eigenvalue weighted by molar-refractivity contribution is -0.131. The highest BCUT2D eigenvalue weighted by Gasteiger charge is 2.22. The van der Waals surface area contributed by atoms with Crippen molar-refractivity contribution in [1.82, 2.24) is 19.7 Å². The molecule has 196 valence electrons. The average molecular weight is 546 g/mol. The molecule has 0 radical (unpaired) electrons. The first-order valence-electron chi connectivity index (χ1n) is 13.1. The van der Waals surface area contributed by atoms with Gasteiger partial charge in [-0.2, -0.15) is 0 Å². The van der Waals surface area contributed by atoms with E-state index < -0.39 is 0 Å². The number of para-hydroxylation sites is 2. The Hall–Kier alpha value is -3.29. The first kappa shape index (κ1) is 26.3. The zero-order chi connectivity index (χ0) is 26.2. The molecule has 0 aliphatic carbocycles. The van der Waals surface area contributed by atoms with Crippen molar-refractivity contribution in [3.63, 3.8) is 0 Å². The molecule has 2 heterocycles. The molecule has 3 aromatic carbocycles. The van der Waals surface area contributed by atoms with Gasteiger partial charge in [0.25, 0.3) is 0 Å². The van der Waals surface area contributed by atoms with Gasteiger partial charge in [0.15, 0.2) is 5.16 Å². The van der Waals surface area contributed by atoms with Crippen LogP contribution in [-0.4, -0.2) is 57.5 Å². The van der Waals surface area contributed by atoms with Crippen LogP contribution in [0.3, 0.4) is 0 Å². The number of amides is 1. The summed E-state index contributed by atoms with van der Waals surface area (Å²) in [5, 5.41) is 10.7. The third kappa shape index (κ3) is 6.58. The second-order valence-corrected chi connectivity index (χ2v) is 10.8. The van der Waals surface area contributed by atoms with E-state index in [0.717, 1.165) is 78.6 Å². The molecule has 1 aliphatic rings. The number of hydrogen-bond acceptors (Lipinski definition) is 5. The Morgan fingerprint density at radius 3 is 2.24 bits per heavy atom. The van der Waals surface area contributed by atoms with Gasteiger partial charge in [-0.1, -0.05) is 84.0 Å². The minimum atomic E-state index is 0.242. The molecule has 8 heteroatoms.